The molecular weight excluding hydrogens is 162 g/mol. The van der Waals surface area contributed by atoms with E-state index in [1.54, 1.807) is 0 Å². The Kier molecular flexibility index (Phi) is 4.40. The summed E-state index contributed by atoms with van der Waals surface area (Å²) in [7, 11) is 2.00. The van der Waals surface area contributed by atoms with Crippen molar-refractivity contribution in [2.75, 3.05) is 13.7 Å². The van der Waals surface area contributed by atoms with Crippen LogP contribution in [0.1, 0.15) is 41.5 Å². The van der Waals surface area contributed by atoms with Gasteiger partial charge in [-0.1, -0.05) is 20.8 Å². The van der Waals surface area contributed by atoms with Crippen LogP contribution in [0, 0.1) is 5.41 Å². The zero-order chi connectivity index (χ0) is 10.7. The predicted molar refractivity (Wildman–Crippen MR) is 58.0 cm³/mol. The molecule has 0 aromatic heterocycles. The topological polar surface area (TPSA) is 21.3 Å². The Morgan fingerprint density at radius 1 is 1.15 bits per heavy atom. The first kappa shape index (κ1) is 12.9. The smallest absolute Gasteiger partial charge is 0.0783 e. The average Bonchev–Trinajstić information content (AvgIpc) is 1.83. The molecule has 0 aromatic carbocycles. The second-order valence-electron chi connectivity index (χ2n) is 5.12. The molecule has 1 atom stereocenters. The van der Waals surface area contributed by atoms with Crippen LogP contribution in [0.15, 0.2) is 0 Å². The third kappa shape index (κ3) is 3.65. The first-order valence-corrected chi connectivity index (χ1v) is 5.07. The number of rotatable bonds is 4. The van der Waals surface area contributed by atoms with E-state index in [1.807, 2.05) is 14.0 Å². The van der Waals surface area contributed by atoms with Gasteiger partial charge in [0.05, 0.1) is 5.60 Å². The van der Waals surface area contributed by atoms with Crippen molar-refractivity contribution in [3.8, 4) is 0 Å². The molecule has 0 aliphatic rings. The average molecular weight is 187 g/mol. The molecule has 0 radical (unpaired) electrons. The van der Waals surface area contributed by atoms with Gasteiger partial charge in [0.2, 0.25) is 0 Å². The number of nitrogens with one attached hydrogen (secondary N) is 1. The van der Waals surface area contributed by atoms with Gasteiger partial charge in [0.1, 0.15) is 0 Å². The molecule has 0 saturated heterocycles. The molecule has 2 heteroatoms. The van der Waals surface area contributed by atoms with Crippen LogP contribution < -0.4 is 5.32 Å². The molecular formula is C11H25NO. The Hall–Kier alpha value is -0.0800. The van der Waals surface area contributed by atoms with Crippen molar-refractivity contribution in [3.05, 3.63) is 0 Å². The van der Waals surface area contributed by atoms with Crippen LogP contribution in [0.5, 0.6) is 0 Å². The summed E-state index contributed by atoms with van der Waals surface area (Å²) in [6.07, 6.45) is 0. The van der Waals surface area contributed by atoms with Gasteiger partial charge in [-0.15, -0.1) is 0 Å². The summed E-state index contributed by atoms with van der Waals surface area (Å²) in [6, 6.07) is 0.361. The molecule has 0 bridgehead atoms. The maximum absolute atomic E-state index is 5.75. The van der Waals surface area contributed by atoms with Crippen LogP contribution in [0.3, 0.4) is 0 Å². The van der Waals surface area contributed by atoms with Crippen LogP contribution >= 0.6 is 0 Å². The summed E-state index contributed by atoms with van der Waals surface area (Å²) in [4.78, 5) is 0. The molecule has 0 aromatic rings. The van der Waals surface area contributed by atoms with Gasteiger partial charge in [-0.2, -0.15) is 0 Å². The summed E-state index contributed by atoms with van der Waals surface area (Å²) < 4.78 is 5.75. The van der Waals surface area contributed by atoms with E-state index in [4.69, 9.17) is 4.74 Å². The first-order chi connectivity index (χ1) is 5.75. The normalized spacial score (nSPS) is 15.9. The van der Waals surface area contributed by atoms with E-state index >= 15 is 0 Å². The van der Waals surface area contributed by atoms with Crippen molar-refractivity contribution in [2.24, 2.45) is 5.41 Å². The van der Waals surface area contributed by atoms with Crippen LogP contribution in [0.4, 0.5) is 0 Å². The Balaban J connectivity index is 4.56. The van der Waals surface area contributed by atoms with E-state index < -0.39 is 0 Å². The van der Waals surface area contributed by atoms with E-state index in [-0.39, 0.29) is 11.0 Å². The van der Waals surface area contributed by atoms with Crippen molar-refractivity contribution >= 4 is 0 Å². The van der Waals surface area contributed by atoms with Gasteiger partial charge >= 0.3 is 0 Å². The maximum atomic E-state index is 5.75. The number of hydrogen-bond acceptors (Lipinski definition) is 2. The van der Waals surface area contributed by atoms with Gasteiger partial charge in [0.15, 0.2) is 0 Å². The summed E-state index contributed by atoms with van der Waals surface area (Å²) in [5.41, 5.74) is 0.106. The quantitative estimate of drug-likeness (QED) is 0.730. The van der Waals surface area contributed by atoms with Crippen LogP contribution in [0.25, 0.3) is 0 Å². The minimum atomic E-state index is -0.109. The molecule has 0 amide bonds. The molecule has 80 valence electrons. The van der Waals surface area contributed by atoms with Crippen molar-refractivity contribution in [1.29, 1.82) is 0 Å². The fourth-order valence-electron chi connectivity index (χ4n) is 2.28. The van der Waals surface area contributed by atoms with Gasteiger partial charge in [-0.25, -0.2) is 0 Å². The van der Waals surface area contributed by atoms with Crippen LogP contribution in [-0.4, -0.2) is 25.3 Å². The van der Waals surface area contributed by atoms with E-state index in [9.17, 15) is 0 Å². The van der Waals surface area contributed by atoms with E-state index in [0.29, 0.717) is 6.04 Å². The molecule has 13 heavy (non-hydrogen) atoms. The van der Waals surface area contributed by atoms with Crippen molar-refractivity contribution in [2.45, 2.75) is 53.2 Å². The molecule has 0 heterocycles. The van der Waals surface area contributed by atoms with Crippen LogP contribution in [-0.2, 0) is 4.74 Å². The Morgan fingerprint density at radius 2 is 1.62 bits per heavy atom. The first-order valence-electron chi connectivity index (χ1n) is 5.07. The van der Waals surface area contributed by atoms with Crippen molar-refractivity contribution in [1.82, 2.24) is 5.32 Å². The standard InChI is InChI=1S/C11H25NO/c1-8-13-11(5,6)9(12-7)10(2,3)4/h9,12H,8H2,1-7H3. The zero-order valence-corrected chi connectivity index (χ0v) is 10.2. The Bertz CT molecular complexity index is 147. The van der Waals surface area contributed by atoms with Gasteiger partial charge in [0.25, 0.3) is 0 Å². The molecule has 1 unspecified atom stereocenters. The van der Waals surface area contributed by atoms with Gasteiger partial charge in [-0.05, 0) is 33.2 Å². The van der Waals surface area contributed by atoms with Crippen molar-refractivity contribution in [3.63, 3.8) is 0 Å². The summed E-state index contributed by atoms with van der Waals surface area (Å²) >= 11 is 0. The second-order valence-corrected chi connectivity index (χ2v) is 5.12. The SMILES string of the molecule is CCOC(C)(C)C(NC)C(C)(C)C. The third-order valence-electron chi connectivity index (χ3n) is 2.37. The highest BCUT2D eigenvalue weighted by Crippen LogP contribution is 2.29. The van der Waals surface area contributed by atoms with Crippen LogP contribution in [0.2, 0.25) is 0 Å². The lowest BCUT2D eigenvalue weighted by Crippen LogP contribution is -2.54. The van der Waals surface area contributed by atoms with Gasteiger partial charge in [0, 0.05) is 12.6 Å². The van der Waals surface area contributed by atoms with Gasteiger partial charge in [-0.3, -0.25) is 0 Å². The molecule has 2 nitrogen and oxygen atoms in total. The maximum Gasteiger partial charge on any atom is 0.0783 e. The number of ether oxygens (including phenoxy) is 1. The minimum absolute atomic E-state index is 0.109. The highest BCUT2D eigenvalue weighted by molar-refractivity contribution is 4.93. The zero-order valence-electron chi connectivity index (χ0n) is 10.2. The Labute approximate surface area is 83.1 Å². The lowest BCUT2D eigenvalue weighted by atomic mass is 9.78. The number of likely N-dealkylation sites (N-methyl/N-ethyl adjacent to an activating group) is 1. The largest absolute Gasteiger partial charge is 0.374 e. The highest BCUT2D eigenvalue weighted by Gasteiger charge is 2.37. The van der Waals surface area contributed by atoms with E-state index in [0.717, 1.165) is 6.61 Å². The van der Waals surface area contributed by atoms with Gasteiger partial charge < -0.3 is 10.1 Å². The number of hydrogen-bond donors (Lipinski definition) is 1. The lowest BCUT2D eigenvalue weighted by Gasteiger charge is -2.42. The fraction of sp³-hybridized carbons (Fsp3) is 1.00. The molecule has 0 rings (SSSR count). The molecule has 0 aliphatic carbocycles. The molecule has 1 N–H and O–H groups in total. The van der Waals surface area contributed by atoms with E-state index in [1.165, 1.54) is 0 Å². The predicted octanol–water partition coefficient (Wildman–Crippen LogP) is 2.44. The van der Waals surface area contributed by atoms with E-state index in [2.05, 4.69) is 39.9 Å². The third-order valence-corrected chi connectivity index (χ3v) is 2.37. The summed E-state index contributed by atoms with van der Waals surface area (Å²) in [6.45, 7) is 13.8. The molecule has 0 saturated carbocycles. The lowest BCUT2D eigenvalue weighted by molar-refractivity contribution is -0.0632. The molecule has 0 fully saturated rings. The molecule has 0 aliphatic heterocycles. The molecule has 0 spiro atoms. The second kappa shape index (κ2) is 4.43. The Morgan fingerprint density at radius 3 is 1.85 bits per heavy atom. The monoisotopic (exact) mass is 187 g/mol. The highest BCUT2D eigenvalue weighted by atomic mass is 16.5. The van der Waals surface area contributed by atoms with Crippen molar-refractivity contribution < 1.29 is 4.74 Å². The minimum Gasteiger partial charge on any atom is -0.374 e. The fourth-order valence-corrected chi connectivity index (χ4v) is 2.28. The summed E-state index contributed by atoms with van der Waals surface area (Å²) in [5.74, 6) is 0. The summed E-state index contributed by atoms with van der Waals surface area (Å²) in [5, 5.41) is 3.34.